The topological polar surface area (TPSA) is 137 Å². The average molecular weight is 518 g/mol. The van der Waals surface area contributed by atoms with Crippen LogP contribution in [0.1, 0.15) is 56.2 Å². The Kier molecular flexibility index (Phi) is 6.35. The lowest BCUT2D eigenvalue weighted by Gasteiger charge is -2.20. The van der Waals surface area contributed by atoms with Crippen LogP contribution in [0.3, 0.4) is 0 Å². The number of nitriles is 3. The van der Waals surface area contributed by atoms with E-state index in [-0.39, 0.29) is 46.2 Å². The molecule has 39 heavy (non-hydrogen) atoms. The highest BCUT2D eigenvalue weighted by Crippen LogP contribution is 2.58. The minimum absolute atomic E-state index is 0.00317. The van der Waals surface area contributed by atoms with Crippen LogP contribution in [0.2, 0.25) is 0 Å². The molecular formula is C31H23N3O5. The number of rotatable bonds is 4. The van der Waals surface area contributed by atoms with Crippen molar-refractivity contribution in [3.63, 3.8) is 0 Å². The van der Waals surface area contributed by atoms with Crippen molar-refractivity contribution >= 4 is 23.0 Å². The smallest absolute Gasteiger partial charge is 0.343 e. The molecule has 0 N–H and O–H groups in total. The Labute approximate surface area is 225 Å². The van der Waals surface area contributed by atoms with Crippen molar-refractivity contribution in [2.75, 3.05) is 6.61 Å². The average Bonchev–Trinajstić information content (AvgIpc) is 3.53. The van der Waals surface area contributed by atoms with Gasteiger partial charge in [-0.15, -0.1) is 0 Å². The number of hydrogen-bond acceptors (Lipinski definition) is 8. The van der Waals surface area contributed by atoms with Gasteiger partial charge in [-0.1, -0.05) is 17.9 Å². The van der Waals surface area contributed by atoms with E-state index in [9.17, 15) is 25.4 Å². The summed E-state index contributed by atoms with van der Waals surface area (Å²) in [7, 11) is 0. The molecule has 3 unspecified atom stereocenters. The first-order valence-corrected chi connectivity index (χ1v) is 12.6. The predicted octanol–water partition coefficient (Wildman–Crippen LogP) is 4.77. The van der Waals surface area contributed by atoms with Crippen LogP contribution in [-0.2, 0) is 14.3 Å². The maximum atomic E-state index is 12.9. The molecule has 3 aliphatic rings. The molecule has 192 valence electrons. The molecule has 8 nitrogen and oxygen atoms in total. The Morgan fingerprint density at radius 1 is 1.21 bits per heavy atom. The Morgan fingerprint density at radius 3 is 2.67 bits per heavy atom. The van der Waals surface area contributed by atoms with E-state index in [4.69, 9.17) is 13.9 Å². The van der Waals surface area contributed by atoms with E-state index in [2.05, 4.69) is 11.8 Å². The Hall–Kier alpha value is -5.05. The number of carbonyl (C=O) groups excluding carboxylic acids is 1. The number of carbonyl (C=O) groups is 1. The molecule has 2 aliphatic carbocycles. The van der Waals surface area contributed by atoms with Gasteiger partial charge in [-0.25, -0.2) is 4.79 Å². The third-order valence-electron chi connectivity index (χ3n) is 7.34. The number of hydrogen-bond donors (Lipinski definition) is 0. The predicted molar refractivity (Wildman–Crippen MR) is 140 cm³/mol. The van der Waals surface area contributed by atoms with Crippen LogP contribution in [0.25, 0.3) is 17.0 Å². The van der Waals surface area contributed by atoms with Crippen molar-refractivity contribution in [3.05, 3.63) is 73.9 Å². The highest BCUT2D eigenvalue weighted by Gasteiger charge is 2.56. The van der Waals surface area contributed by atoms with Gasteiger partial charge in [-0.2, -0.15) is 15.8 Å². The molecule has 0 bridgehead atoms. The Morgan fingerprint density at radius 2 is 1.97 bits per heavy atom. The van der Waals surface area contributed by atoms with E-state index in [0.717, 1.165) is 17.5 Å². The quantitative estimate of drug-likeness (QED) is 0.245. The van der Waals surface area contributed by atoms with Gasteiger partial charge in [0.25, 0.3) is 0 Å². The fraction of sp³-hybridized carbons (Fsp3) is 0.323. The highest BCUT2D eigenvalue weighted by atomic mass is 16.5. The van der Waals surface area contributed by atoms with E-state index in [1.54, 1.807) is 51.1 Å². The van der Waals surface area contributed by atoms with Crippen molar-refractivity contribution < 1.29 is 18.7 Å². The summed E-state index contributed by atoms with van der Waals surface area (Å²) in [6.07, 6.45) is 4.61. The minimum atomic E-state index is -1.01. The second kappa shape index (κ2) is 9.68. The monoisotopic (exact) mass is 517 g/mol. The molecule has 0 spiro atoms. The van der Waals surface area contributed by atoms with Crippen molar-refractivity contribution in [2.24, 2.45) is 11.8 Å². The number of allylic oxidation sites excluding steroid dienone is 2. The molecular weight excluding hydrogens is 494 g/mol. The van der Waals surface area contributed by atoms with Gasteiger partial charge in [0.15, 0.2) is 11.3 Å². The van der Waals surface area contributed by atoms with Crippen molar-refractivity contribution in [2.45, 2.75) is 45.1 Å². The summed E-state index contributed by atoms with van der Waals surface area (Å²) in [4.78, 5) is 25.4. The number of nitrogens with zero attached hydrogens (tertiary/aromatic N) is 3. The number of ether oxygens (including phenoxy) is 2. The fourth-order valence-corrected chi connectivity index (χ4v) is 5.47. The van der Waals surface area contributed by atoms with Gasteiger partial charge in [0.05, 0.1) is 18.1 Å². The van der Waals surface area contributed by atoms with Gasteiger partial charge in [0.2, 0.25) is 0 Å². The first kappa shape index (κ1) is 25.6. The van der Waals surface area contributed by atoms with Gasteiger partial charge in [-0.3, -0.25) is 4.79 Å². The second-order valence-corrected chi connectivity index (χ2v) is 10.0. The lowest BCUT2D eigenvalue weighted by atomic mass is 9.94. The van der Waals surface area contributed by atoms with Gasteiger partial charge >= 0.3 is 11.6 Å². The molecule has 8 heteroatoms. The third kappa shape index (κ3) is 4.37. The van der Waals surface area contributed by atoms with Crippen molar-refractivity contribution in [3.8, 4) is 30.0 Å². The summed E-state index contributed by atoms with van der Waals surface area (Å²) in [5, 5.41) is 29.0. The van der Waals surface area contributed by atoms with Crippen molar-refractivity contribution in [1.82, 2.24) is 0 Å². The SMILES string of the molecule is CCOC(=O)C1C2CCC#Cc3cc4oc(=O)c(/C=C/C5=C(C#N)C(=C(C#N)C#N)OC5(C)C)cc4cc3C21. The van der Waals surface area contributed by atoms with E-state index in [0.29, 0.717) is 29.6 Å². The number of benzene rings is 1. The number of esters is 1. The molecule has 3 atom stereocenters. The van der Waals surface area contributed by atoms with Crippen LogP contribution in [0.15, 0.2) is 56.0 Å². The molecule has 0 saturated heterocycles. The lowest BCUT2D eigenvalue weighted by Crippen LogP contribution is -2.20. The maximum Gasteiger partial charge on any atom is 0.343 e. The number of fused-ring (bicyclic) bond motifs is 4. The molecule has 5 rings (SSSR count). The highest BCUT2D eigenvalue weighted by molar-refractivity contribution is 5.84. The molecule has 1 aliphatic heterocycles. The van der Waals surface area contributed by atoms with Crippen LogP contribution in [0, 0.1) is 57.7 Å². The molecule has 1 fully saturated rings. The standard InChI is InChI=1S/C31H23N3O5/c1-4-37-30(36)27-21-8-6-5-7-17-13-25-19(12-22(17)26(21)27)11-18(29(35)38-25)9-10-24-23(16-34)28(20(14-32)15-33)39-31(24,2)3/h9-13,21,26-27H,4,6,8H2,1-3H3/b10-9+. The largest absolute Gasteiger partial charge is 0.480 e. The summed E-state index contributed by atoms with van der Waals surface area (Å²) >= 11 is 0. The van der Waals surface area contributed by atoms with Crippen LogP contribution in [0.4, 0.5) is 0 Å². The zero-order chi connectivity index (χ0) is 27.9. The molecule has 2 heterocycles. The molecule has 0 radical (unpaired) electrons. The van der Waals surface area contributed by atoms with Crippen LogP contribution in [-0.4, -0.2) is 18.2 Å². The Balaban J connectivity index is 1.58. The molecule has 2 aromatic rings. The van der Waals surface area contributed by atoms with E-state index >= 15 is 0 Å². The Bertz CT molecular complexity index is 1760. The molecule has 1 aromatic carbocycles. The molecule has 1 aromatic heterocycles. The summed E-state index contributed by atoms with van der Waals surface area (Å²) in [5.74, 6) is 6.00. The summed E-state index contributed by atoms with van der Waals surface area (Å²) in [5.41, 5.74) is 0.913. The van der Waals surface area contributed by atoms with E-state index in [1.165, 1.54) is 6.08 Å². The normalized spacial score (nSPS) is 22.2. The van der Waals surface area contributed by atoms with Crippen LogP contribution < -0.4 is 5.63 Å². The van der Waals surface area contributed by atoms with Gasteiger partial charge in [0.1, 0.15) is 35.0 Å². The lowest BCUT2D eigenvalue weighted by molar-refractivity contribution is -0.145. The zero-order valence-corrected chi connectivity index (χ0v) is 21.6. The minimum Gasteiger partial charge on any atom is -0.480 e. The fourth-order valence-electron chi connectivity index (χ4n) is 5.47. The molecule has 0 amide bonds. The first-order valence-electron chi connectivity index (χ1n) is 12.6. The third-order valence-corrected chi connectivity index (χ3v) is 7.34. The van der Waals surface area contributed by atoms with Crippen molar-refractivity contribution in [1.29, 1.82) is 15.8 Å². The van der Waals surface area contributed by atoms with Gasteiger partial charge in [0, 0.05) is 28.9 Å². The second-order valence-electron chi connectivity index (χ2n) is 10.0. The van der Waals surface area contributed by atoms with Gasteiger partial charge < -0.3 is 13.9 Å². The molecule has 1 saturated carbocycles. The van der Waals surface area contributed by atoms with E-state index in [1.807, 2.05) is 12.1 Å². The van der Waals surface area contributed by atoms with Gasteiger partial charge in [-0.05, 0) is 62.9 Å². The van der Waals surface area contributed by atoms with Crippen LogP contribution in [0.5, 0.6) is 0 Å². The maximum absolute atomic E-state index is 12.9. The van der Waals surface area contributed by atoms with E-state index < -0.39 is 11.2 Å². The first-order chi connectivity index (χ1) is 18.7. The summed E-state index contributed by atoms with van der Waals surface area (Å²) in [6, 6.07) is 10.9. The van der Waals surface area contributed by atoms with Crippen LogP contribution >= 0.6 is 0 Å². The zero-order valence-electron chi connectivity index (χ0n) is 21.6. The summed E-state index contributed by atoms with van der Waals surface area (Å²) < 4.78 is 16.7. The summed E-state index contributed by atoms with van der Waals surface area (Å²) in [6.45, 7) is 5.53.